The average Bonchev–Trinajstić information content (AvgIpc) is 3.37. The van der Waals surface area contributed by atoms with Gasteiger partial charge >= 0.3 is 0 Å². The standard InChI is InChI=1S/C20H14N4OS/c1-3-15(20-24-23-19(25-20)13-7-5-4-6-8-13)22-16-9-10-17(21-2)18-14(16)11-12-26-18/h3-12,22H,1H3. The molecule has 2 aromatic carbocycles. The van der Waals surface area contributed by atoms with Crippen molar-refractivity contribution in [3.8, 4) is 11.5 Å². The summed E-state index contributed by atoms with van der Waals surface area (Å²) in [4.78, 5) is 3.58. The predicted octanol–water partition coefficient (Wildman–Crippen LogP) is 5.97. The molecule has 6 heteroatoms. The molecule has 0 spiro atoms. The van der Waals surface area contributed by atoms with Gasteiger partial charge in [-0.1, -0.05) is 30.3 Å². The molecule has 0 saturated carbocycles. The minimum atomic E-state index is 0.420. The topological polar surface area (TPSA) is 55.3 Å². The van der Waals surface area contributed by atoms with Gasteiger partial charge in [0.1, 0.15) is 0 Å². The molecule has 0 aliphatic rings. The van der Waals surface area contributed by atoms with Crippen LogP contribution in [0.15, 0.2) is 64.4 Å². The summed E-state index contributed by atoms with van der Waals surface area (Å²) in [5.74, 6) is 0.898. The number of rotatable bonds is 4. The molecule has 1 N–H and O–H groups in total. The number of benzene rings is 2. The van der Waals surface area contributed by atoms with Gasteiger partial charge in [-0.15, -0.1) is 10.2 Å². The van der Waals surface area contributed by atoms with Crippen molar-refractivity contribution in [1.82, 2.24) is 10.2 Å². The second kappa shape index (κ2) is 6.82. The van der Waals surface area contributed by atoms with Crippen LogP contribution in [0.2, 0.25) is 0 Å². The van der Waals surface area contributed by atoms with E-state index in [-0.39, 0.29) is 0 Å². The summed E-state index contributed by atoms with van der Waals surface area (Å²) in [5.41, 5.74) is 3.17. The van der Waals surface area contributed by atoms with E-state index in [0.717, 1.165) is 27.0 Å². The molecule has 0 amide bonds. The van der Waals surface area contributed by atoms with Gasteiger partial charge in [0.05, 0.1) is 12.3 Å². The van der Waals surface area contributed by atoms with Crippen LogP contribution in [0.4, 0.5) is 11.4 Å². The zero-order valence-corrected chi connectivity index (χ0v) is 14.7. The Morgan fingerprint density at radius 1 is 1.15 bits per heavy atom. The zero-order chi connectivity index (χ0) is 17.9. The first kappa shape index (κ1) is 16.1. The molecular weight excluding hydrogens is 344 g/mol. The number of thiophene rings is 1. The van der Waals surface area contributed by atoms with E-state index in [1.807, 2.05) is 66.9 Å². The van der Waals surface area contributed by atoms with Gasteiger partial charge in [0.25, 0.3) is 5.89 Å². The molecule has 0 radical (unpaired) electrons. The molecule has 0 atom stereocenters. The molecule has 0 aliphatic carbocycles. The molecule has 2 aromatic heterocycles. The Kier molecular flexibility index (Phi) is 4.22. The monoisotopic (exact) mass is 358 g/mol. The third kappa shape index (κ3) is 2.85. The number of anilines is 1. The van der Waals surface area contributed by atoms with Gasteiger partial charge in [-0.25, -0.2) is 4.85 Å². The molecule has 0 aliphatic heterocycles. The van der Waals surface area contributed by atoms with Gasteiger partial charge < -0.3 is 9.73 Å². The molecule has 0 fully saturated rings. The van der Waals surface area contributed by atoms with Crippen molar-refractivity contribution in [1.29, 1.82) is 0 Å². The van der Waals surface area contributed by atoms with E-state index in [4.69, 9.17) is 11.0 Å². The van der Waals surface area contributed by atoms with E-state index in [9.17, 15) is 0 Å². The van der Waals surface area contributed by atoms with Crippen molar-refractivity contribution in [2.75, 3.05) is 5.32 Å². The largest absolute Gasteiger partial charge is 0.415 e. The van der Waals surface area contributed by atoms with E-state index < -0.39 is 0 Å². The lowest BCUT2D eigenvalue weighted by molar-refractivity contribution is 0.553. The molecule has 0 bridgehead atoms. The van der Waals surface area contributed by atoms with Crippen LogP contribution in [0, 0.1) is 6.57 Å². The van der Waals surface area contributed by atoms with Crippen LogP contribution in [0.1, 0.15) is 12.8 Å². The number of nitrogens with one attached hydrogen (secondary N) is 1. The number of aromatic nitrogens is 2. The van der Waals surface area contributed by atoms with Crippen molar-refractivity contribution in [3.63, 3.8) is 0 Å². The maximum atomic E-state index is 7.30. The van der Waals surface area contributed by atoms with Gasteiger partial charge in [-0.2, -0.15) is 11.3 Å². The fraction of sp³-hybridized carbons (Fsp3) is 0.0500. The number of hydrogen-bond donors (Lipinski definition) is 1. The lowest BCUT2D eigenvalue weighted by Crippen LogP contribution is -1.99. The SMILES string of the molecule is [C-]#[N+]c1ccc(NC(=CC)c2nnc(-c3ccccc3)o2)c2ccsc12. The highest BCUT2D eigenvalue weighted by molar-refractivity contribution is 7.18. The van der Waals surface area contributed by atoms with E-state index in [2.05, 4.69) is 20.4 Å². The maximum absolute atomic E-state index is 7.30. The third-order valence-electron chi connectivity index (χ3n) is 3.95. The van der Waals surface area contributed by atoms with Crippen molar-refractivity contribution >= 4 is 38.5 Å². The fourth-order valence-corrected chi connectivity index (χ4v) is 3.55. The summed E-state index contributed by atoms with van der Waals surface area (Å²) >= 11 is 1.56. The minimum Gasteiger partial charge on any atom is -0.415 e. The summed E-state index contributed by atoms with van der Waals surface area (Å²) in [5, 5.41) is 14.7. The van der Waals surface area contributed by atoms with Crippen molar-refractivity contribution in [3.05, 3.63) is 77.3 Å². The normalized spacial score (nSPS) is 11.5. The molecule has 4 aromatic rings. The molecular formula is C20H14N4OS. The summed E-state index contributed by atoms with van der Waals surface area (Å²) in [6, 6.07) is 15.4. The number of nitrogens with zero attached hydrogens (tertiary/aromatic N) is 3. The van der Waals surface area contributed by atoms with Crippen LogP contribution in [0.25, 0.3) is 32.1 Å². The van der Waals surface area contributed by atoms with Gasteiger partial charge in [-0.3, -0.25) is 0 Å². The van der Waals surface area contributed by atoms with E-state index >= 15 is 0 Å². The lowest BCUT2D eigenvalue weighted by atomic mass is 10.2. The molecule has 26 heavy (non-hydrogen) atoms. The first-order valence-electron chi connectivity index (χ1n) is 8.00. The number of fused-ring (bicyclic) bond motifs is 1. The molecule has 4 rings (SSSR count). The fourth-order valence-electron chi connectivity index (χ4n) is 2.67. The quantitative estimate of drug-likeness (QED) is 0.456. The maximum Gasteiger partial charge on any atom is 0.264 e. The van der Waals surface area contributed by atoms with Crippen LogP contribution < -0.4 is 5.32 Å². The van der Waals surface area contributed by atoms with Crippen LogP contribution in [-0.4, -0.2) is 10.2 Å². The second-order valence-electron chi connectivity index (χ2n) is 5.51. The molecule has 2 heterocycles. The molecule has 5 nitrogen and oxygen atoms in total. The Balaban J connectivity index is 1.67. The molecule has 126 valence electrons. The van der Waals surface area contributed by atoms with Gasteiger partial charge in [0.2, 0.25) is 11.6 Å². The van der Waals surface area contributed by atoms with Crippen LogP contribution in [0.5, 0.6) is 0 Å². The van der Waals surface area contributed by atoms with Crippen LogP contribution in [-0.2, 0) is 0 Å². The van der Waals surface area contributed by atoms with E-state index in [1.165, 1.54) is 0 Å². The summed E-state index contributed by atoms with van der Waals surface area (Å²) < 4.78 is 6.80. The lowest BCUT2D eigenvalue weighted by Gasteiger charge is -2.09. The Bertz CT molecular complexity index is 1140. The Labute approximate surface area is 154 Å². The third-order valence-corrected chi connectivity index (χ3v) is 4.89. The van der Waals surface area contributed by atoms with Crippen LogP contribution >= 0.6 is 11.3 Å². The van der Waals surface area contributed by atoms with E-state index in [1.54, 1.807) is 11.3 Å². The summed E-state index contributed by atoms with van der Waals surface area (Å²) in [6.07, 6.45) is 1.89. The first-order chi connectivity index (χ1) is 12.8. The average molecular weight is 358 g/mol. The number of allylic oxidation sites excluding steroid dienone is 1. The smallest absolute Gasteiger partial charge is 0.264 e. The van der Waals surface area contributed by atoms with Crippen molar-refractivity contribution in [2.24, 2.45) is 0 Å². The Morgan fingerprint density at radius 3 is 2.77 bits per heavy atom. The highest BCUT2D eigenvalue weighted by Gasteiger charge is 2.14. The van der Waals surface area contributed by atoms with Crippen molar-refractivity contribution in [2.45, 2.75) is 6.92 Å². The zero-order valence-electron chi connectivity index (χ0n) is 13.9. The highest BCUT2D eigenvalue weighted by Crippen LogP contribution is 2.37. The Hall–Kier alpha value is -3.43. The highest BCUT2D eigenvalue weighted by atomic mass is 32.1. The summed E-state index contributed by atoms with van der Waals surface area (Å²) in [7, 11) is 0. The van der Waals surface area contributed by atoms with E-state index in [0.29, 0.717) is 17.5 Å². The second-order valence-corrected chi connectivity index (χ2v) is 6.43. The van der Waals surface area contributed by atoms with Gasteiger partial charge in [-0.05, 0) is 36.6 Å². The van der Waals surface area contributed by atoms with Gasteiger partial charge in [0.15, 0.2) is 0 Å². The number of hydrogen-bond acceptors (Lipinski definition) is 5. The predicted molar refractivity (Wildman–Crippen MR) is 105 cm³/mol. The van der Waals surface area contributed by atoms with Crippen molar-refractivity contribution < 1.29 is 4.42 Å². The first-order valence-corrected chi connectivity index (χ1v) is 8.88. The van der Waals surface area contributed by atoms with Crippen LogP contribution in [0.3, 0.4) is 0 Å². The summed E-state index contributed by atoms with van der Waals surface area (Å²) in [6.45, 7) is 9.21. The molecule has 0 saturated heterocycles. The molecule has 0 unspecified atom stereocenters. The Morgan fingerprint density at radius 2 is 2.00 bits per heavy atom. The minimum absolute atomic E-state index is 0.420. The van der Waals surface area contributed by atoms with Gasteiger partial charge in [0, 0.05) is 21.3 Å².